The van der Waals surface area contributed by atoms with Gasteiger partial charge in [-0.1, -0.05) is 6.92 Å². The zero-order chi connectivity index (χ0) is 11.8. The number of amides is 3. The lowest BCUT2D eigenvalue weighted by Gasteiger charge is -2.25. The molecule has 0 atom stereocenters. The molecule has 0 aliphatic rings. The highest BCUT2D eigenvalue weighted by atomic mass is 35.5. The summed E-state index contributed by atoms with van der Waals surface area (Å²) in [4.78, 5) is 24.4. The van der Waals surface area contributed by atoms with Crippen molar-refractivity contribution in [3.8, 4) is 0 Å². The first-order chi connectivity index (χ1) is 7.02. The molecule has 1 N–H and O–H groups in total. The summed E-state index contributed by atoms with van der Waals surface area (Å²) in [7, 11) is 0. The Labute approximate surface area is 96.0 Å². The summed E-state index contributed by atoms with van der Waals surface area (Å²) in [6.45, 7) is 6.48. The third-order valence-corrected chi connectivity index (χ3v) is 2.11. The van der Waals surface area contributed by atoms with E-state index in [2.05, 4.69) is 5.32 Å². The van der Waals surface area contributed by atoms with Gasteiger partial charge in [-0.15, -0.1) is 11.6 Å². The Hall–Kier alpha value is -0.770. The maximum atomic E-state index is 11.6. The van der Waals surface area contributed by atoms with Gasteiger partial charge in [0, 0.05) is 24.9 Å². The Morgan fingerprint density at radius 1 is 1.40 bits per heavy atom. The van der Waals surface area contributed by atoms with E-state index in [1.165, 1.54) is 0 Å². The Morgan fingerprint density at radius 3 is 2.40 bits per heavy atom. The summed E-state index contributed by atoms with van der Waals surface area (Å²) in [6, 6.07) is -0.240. The fraction of sp³-hybridized carbons (Fsp3) is 0.800. The molecule has 0 radical (unpaired) electrons. The summed E-state index contributed by atoms with van der Waals surface area (Å²) in [6.07, 6.45) is 1.04. The molecule has 0 saturated carbocycles. The number of hydrogen-bond donors (Lipinski definition) is 1. The molecule has 0 saturated heterocycles. The summed E-state index contributed by atoms with van der Waals surface area (Å²) >= 11 is 5.40. The highest BCUT2D eigenvalue weighted by molar-refractivity contribution is 6.19. The van der Waals surface area contributed by atoms with Crippen molar-refractivity contribution in [2.24, 2.45) is 0 Å². The smallest absolute Gasteiger partial charge is 0.322 e. The molecule has 0 fully saturated rings. The maximum absolute atomic E-state index is 11.6. The van der Waals surface area contributed by atoms with Gasteiger partial charge in [-0.05, 0) is 20.3 Å². The number of carbonyl (C=O) groups excluding carboxylic acids is 2. The van der Waals surface area contributed by atoms with Crippen LogP contribution in [-0.2, 0) is 4.79 Å². The summed E-state index contributed by atoms with van der Waals surface area (Å²) < 4.78 is 0. The van der Waals surface area contributed by atoms with Crippen LogP contribution in [0.3, 0.4) is 0 Å². The molecule has 0 heterocycles. The van der Waals surface area contributed by atoms with Crippen molar-refractivity contribution in [1.29, 1.82) is 0 Å². The van der Waals surface area contributed by atoms with E-state index < -0.39 is 0 Å². The van der Waals surface area contributed by atoms with E-state index in [4.69, 9.17) is 11.6 Å². The van der Waals surface area contributed by atoms with Crippen molar-refractivity contribution in [2.45, 2.75) is 39.7 Å². The molecule has 88 valence electrons. The minimum Gasteiger partial charge on any atom is -0.322 e. The third-order valence-electron chi connectivity index (χ3n) is 1.92. The molecule has 3 amide bonds. The van der Waals surface area contributed by atoms with Crippen LogP contribution in [0.1, 0.15) is 33.6 Å². The number of carbonyl (C=O) groups is 2. The minimum atomic E-state index is -0.332. The molecule has 15 heavy (non-hydrogen) atoms. The molecule has 0 aromatic carbocycles. The molecule has 0 unspecified atom stereocenters. The summed E-state index contributed by atoms with van der Waals surface area (Å²) in [5.41, 5.74) is 0. The number of hydrogen-bond acceptors (Lipinski definition) is 2. The van der Waals surface area contributed by atoms with Crippen LogP contribution >= 0.6 is 11.6 Å². The number of nitrogens with zero attached hydrogens (tertiary/aromatic N) is 1. The van der Waals surface area contributed by atoms with Crippen LogP contribution in [0.25, 0.3) is 0 Å². The Kier molecular flexibility index (Phi) is 7.13. The molecule has 0 aromatic rings. The predicted molar refractivity (Wildman–Crippen MR) is 61.0 cm³/mol. The zero-order valence-corrected chi connectivity index (χ0v) is 10.3. The lowest BCUT2D eigenvalue weighted by Crippen LogP contribution is -2.46. The Bertz CT molecular complexity index is 219. The van der Waals surface area contributed by atoms with E-state index in [0.29, 0.717) is 6.54 Å². The average molecular weight is 235 g/mol. The topological polar surface area (TPSA) is 49.4 Å². The van der Waals surface area contributed by atoms with E-state index >= 15 is 0 Å². The second-order valence-electron chi connectivity index (χ2n) is 3.58. The molecular weight excluding hydrogens is 216 g/mol. The van der Waals surface area contributed by atoms with Crippen LogP contribution in [0.2, 0.25) is 0 Å². The summed E-state index contributed by atoms with van der Waals surface area (Å²) in [5.74, 6) is -0.0917. The van der Waals surface area contributed by atoms with Crippen molar-refractivity contribution in [2.75, 3.05) is 12.4 Å². The average Bonchev–Trinajstić information content (AvgIpc) is 2.13. The lowest BCUT2D eigenvalue weighted by atomic mass is 10.3. The maximum Gasteiger partial charge on any atom is 0.324 e. The molecule has 0 aromatic heterocycles. The quantitative estimate of drug-likeness (QED) is 0.740. The highest BCUT2D eigenvalue weighted by Gasteiger charge is 2.17. The van der Waals surface area contributed by atoms with Crippen LogP contribution < -0.4 is 5.32 Å². The molecule has 0 aliphatic heterocycles. The van der Waals surface area contributed by atoms with Gasteiger partial charge in [0.25, 0.3) is 0 Å². The first kappa shape index (κ1) is 14.2. The first-order valence-corrected chi connectivity index (χ1v) is 5.72. The van der Waals surface area contributed by atoms with Crippen LogP contribution in [0.15, 0.2) is 0 Å². The Morgan fingerprint density at radius 2 is 2.00 bits per heavy atom. The van der Waals surface area contributed by atoms with Gasteiger partial charge in [0.2, 0.25) is 5.91 Å². The second-order valence-corrected chi connectivity index (χ2v) is 3.96. The Balaban J connectivity index is 4.19. The van der Waals surface area contributed by atoms with E-state index in [9.17, 15) is 9.59 Å². The molecule has 5 heteroatoms. The number of urea groups is 1. The number of alkyl halides is 1. The van der Waals surface area contributed by atoms with Crippen molar-refractivity contribution in [3.63, 3.8) is 0 Å². The van der Waals surface area contributed by atoms with Crippen LogP contribution in [0.5, 0.6) is 0 Å². The number of nitrogens with one attached hydrogen (secondary N) is 1. The van der Waals surface area contributed by atoms with Crippen LogP contribution in [0, 0.1) is 0 Å². The SMILES string of the molecule is CCCN(C(=O)NC(=O)CCCl)C(C)C. The van der Waals surface area contributed by atoms with E-state index in [0.717, 1.165) is 6.42 Å². The van der Waals surface area contributed by atoms with E-state index in [1.807, 2.05) is 20.8 Å². The van der Waals surface area contributed by atoms with Gasteiger partial charge in [0.05, 0.1) is 0 Å². The largest absolute Gasteiger partial charge is 0.324 e. The van der Waals surface area contributed by atoms with Crippen molar-refractivity contribution in [3.05, 3.63) is 0 Å². The van der Waals surface area contributed by atoms with Crippen LogP contribution in [-0.4, -0.2) is 35.3 Å². The fourth-order valence-electron chi connectivity index (χ4n) is 1.17. The van der Waals surface area contributed by atoms with E-state index in [-0.39, 0.29) is 30.3 Å². The molecule has 0 bridgehead atoms. The van der Waals surface area contributed by atoms with Gasteiger partial charge in [0.1, 0.15) is 0 Å². The number of imide groups is 1. The second kappa shape index (κ2) is 7.51. The molecule has 4 nitrogen and oxygen atoms in total. The van der Waals surface area contributed by atoms with Gasteiger partial charge in [-0.25, -0.2) is 4.79 Å². The van der Waals surface area contributed by atoms with Gasteiger partial charge in [-0.3, -0.25) is 10.1 Å². The van der Waals surface area contributed by atoms with Gasteiger partial charge in [0.15, 0.2) is 0 Å². The lowest BCUT2D eigenvalue weighted by molar-refractivity contribution is -0.119. The summed E-state index contributed by atoms with van der Waals surface area (Å²) in [5, 5.41) is 2.31. The predicted octanol–water partition coefficient (Wildman–Crippen LogP) is 1.97. The fourth-order valence-corrected chi connectivity index (χ4v) is 1.35. The molecule has 0 aliphatic carbocycles. The normalized spacial score (nSPS) is 10.2. The monoisotopic (exact) mass is 234 g/mol. The molecular formula is C10H19ClN2O2. The van der Waals surface area contributed by atoms with E-state index in [1.54, 1.807) is 4.90 Å². The third kappa shape index (κ3) is 5.62. The van der Waals surface area contributed by atoms with Gasteiger partial charge in [-0.2, -0.15) is 0 Å². The number of rotatable bonds is 5. The molecule has 0 rings (SSSR count). The zero-order valence-electron chi connectivity index (χ0n) is 9.55. The van der Waals surface area contributed by atoms with Crippen molar-refractivity contribution in [1.82, 2.24) is 10.2 Å². The molecule has 0 spiro atoms. The van der Waals surface area contributed by atoms with Gasteiger partial charge >= 0.3 is 6.03 Å². The van der Waals surface area contributed by atoms with Crippen molar-refractivity contribution >= 4 is 23.5 Å². The van der Waals surface area contributed by atoms with Crippen molar-refractivity contribution < 1.29 is 9.59 Å². The minimum absolute atomic E-state index is 0.0914. The van der Waals surface area contributed by atoms with Gasteiger partial charge < -0.3 is 4.90 Å². The highest BCUT2D eigenvalue weighted by Crippen LogP contribution is 2.00. The first-order valence-electron chi connectivity index (χ1n) is 5.19. The van der Waals surface area contributed by atoms with Crippen LogP contribution in [0.4, 0.5) is 4.79 Å². The number of halogens is 1. The standard InChI is InChI=1S/C10H19ClN2O2/c1-4-7-13(8(2)3)10(15)12-9(14)5-6-11/h8H,4-7H2,1-3H3,(H,12,14,15).